The number of carbonyl (C=O) groups is 2. The highest BCUT2D eigenvalue weighted by atomic mass is 32.1. The minimum absolute atomic E-state index is 0.204. The zero-order chi connectivity index (χ0) is 24.3. The number of anilines is 3. The van der Waals surface area contributed by atoms with Crippen LogP contribution in [0.2, 0.25) is 0 Å². The number of thiazole rings is 1. The molecular weight excluding hydrogens is 450 g/mol. The van der Waals surface area contributed by atoms with Crippen LogP contribution in [0.3, 0.4) is 0 Å². The largest absolute Gasteiger partial charge is 0.359 e. The molecule has 0 spiro atoms. The third-order valence-corrected chi connectivity index (χ3v) is 6.12. The molecule has 0 saturated heterocycles. The molecule has 34 heavy (non-hydrogen) atoms. The molecule has 0 atom stereocenters. The molecule has 3 N–H and O–H groups in total. The SMILES string of the molecule is Cc1nc(-c2ccccc2)sc1C(=O)Nc1ccc(NC(=O)Nc2cc(C(C)(C)C)on2)cc1. The van der Waals surface area contributed by atoms with Crippen LogP contribution in [0.4, 0.5) is 22.0 Å². The van der Waals surface area contributed by atoms with Crippen molar-refractivity contribution in [2.45, 2.75) is 33.1 Å². The number of hydrogen-bond acceptors (Lipinski definition) is 6. The van der Waals surface area contributed by atoms with E-state index in [1.54, 1.807) is 30.3 Å². The van der Waals surface area contributed by atoms with Crippen molar-refractivity contribution in [1.82, 2.24) is 10.1 Å². The van der Waals surface area contributed by atoms with E-state index in [9.17, 15) is 9.59 Å². The highest BCUT2D eigenvalue weighted by molar-refractivity contribution is 7.17. The molecule has 0 fully saturated rings. The Bertz CT molecular complexity index is 1300. The molecule has 0 aliphatic heterocycles. The number of nitrogens with zero attached hydrogens (tertiary/aromatic N) is 2. The van der Waals surface area contributed by atoms with Gasteiger partial charge in [-0.2, -0.15) is 0 Å². The van der Waals surface area contributed by atoms with Gasteiger partial charge in [0, 0.05) is 28.4 Å². The Hall–Kier alpha value is -3.98. The summed E-state index contributed by atoms with van der Waals surface area (Å²) in [7, 11) is 0. The predicted molar refractivity (Wildman–Crippen MR) is 135 cm³/mol. The number of urea groups is 1. The molecule has 0 saturated carbocycles. The molecule has 3 amide bonds. The number of hydrogen-bond donors (Lipinski definition) is 3. The van der Waals surface area contributed by atoms with Crippen LogP contribution in [-0.4, -0.2) is 22.1 Å². The molecule has 8 nitrogen and oxygen atoms in total. The molecule has 4 rings (SSSR count). The Morgan fingerprint density at radius 1 is 0.912 bits per heavy atom. The monoisotopic (exact) mass is 475 g/mol. The average molecular weight is 476 g/mol. The van der Waals surface area contributed by atoms with Gasteiger partial charge in [0.2, 0.25) is 0 Å². The standard InChI is InChI=1S/C25H25N5O3S/c1-15-21(34-23(26-15)16-8-6-5-7-9-16)22(31)27-17-10-12-18(13-11-17)28-24(32)29-20-14-19(33-30-20)25(2,3)4/h5-14H,1-4H3,(H,27,31)(H2,28,29,30,32). The van der Waals surface area contributed by atoms with Gasteiger partial charge in [-0.1, -0.05) is 56.3 Å². The molecule has 2 aromatic carbocycles. The van der Waals surface area contributed by atoms with E-state index in [-0.39, 0.29) is 11.3 Å². The van der Waals surface area contributed by atoms with Gasteiger partial charge in [0.15, 0.2) is 5.82 Å². The smallest absolute Gasteiger partial charge is 0.324 e. The Morgan fingerprint density at radius 3 is 2.18 bits per heavy atom. The van der Waals surface area contributed by atoms with Gasteiger partial charge in [0.05, 0.1) is 5.69 Å². The van der Waals surface area contributed by atoms with Crippen LogP contribution in [0.5, 0.6) is 0 Å². The second kappa shape index (κ2) is 9.48. The minimum Gasteiger partial charge on any atom is -0.359 e. The molecule has 4 aromatic rings. The van der Waals surface area contributed by atoms with Gasteiger partial charge < -0.3 is 15.2 Å². The Balaban J connectivity index is 1.36. The van der Waals surface area contributed by atoms with Gasteiger partial charge in [0.25, 0.3) is 5.91 Å². The van der Waals surface area contributed by atoms with Crippen molar-refractivity contribution in [2.24, 2.45) is 0 Å². The van der Waals surface area contributed by atoms with Gasteiger partial charge in [-0.25, -0.2) is 9.78 Å². The maximum atomic E-state index is 12.8. The van der Waals surface area contributed by atoms with E-state index >= 15 is 0 Å². The molecule has 0 aliphatic rings. The van der Waals surface area contributed by atoms with Crippen LogP contribution in [0.15, 0.2) is 65.2 Å². The molecule has 2 aromatic heterocycles. The zero-order valence-electron chi connectivity index (χ0n) is 19.3. The van der Waals surface area contributed by atoms with Crippen LogP contribution in [-0.2, 0) is 5.41 Å². The fourth-order valence-corrected chi connectivity index (χ4v) is 4.07. The summed E-state index contributed by atoms with van der Waals surface area (Å²) in [5.41, 5.74) is 2.62. The van der Waals surface area contributed by atoms with E-state index in [0.717, 1.165) is 10.6 Å². The van der Waals surface area contributed by atoms with Crippen molar-refractivity contribution < 1.29 is 14.1 Å². The summed E-state index contributed by atoms with van der Waals surface area (Å²) in [5, 5.41) is 12.9. The maximum absolute atomic E-state index is 12.8. The van der Waals surface area contributed by atoms with Crippen LogP contribution >= 0.6 is 11.3 Å². The highest BCUT2D eigenvalue weighted by Gasteiger charge is 2.20. The van der Waals surface area contributed by atoms with E-state index in [0.29, 0.717) is 33.5 Å². The van der Waals surface area contributed by atoms with Crippen molar-refractivity contribution in [3.63, 3.8) is 0 Å². The number of nitrogens with one attached hydrogen (secondary N) is 3. The fraction of sp³-hybridized carbons (Fsp3) is 0.200. The Kier molecular flexibility index (Phi) is 6.47. The highest BCUT2D eigenvalue weighted by Crippen LogP contribution is 2.28. The number of aryl methyl sites for hydroxylation is 1. The molecule has 2 heterocycles. The van der Waals surface area contributed by atoms with E-state index in [1.807, 2.05) is 58.0 Å². The first kappa shape index (κ1) is 23.2. The predicted octanol–water partition coefficient (Wildman–Crippen LogP) is 6.30. The number of aromatic nitrogens is 2. The lowest BCUT2D eigenvalue weighted by Gasteiger charge is -2.12. The summed E-state index contributed by atoms with van der Waals surface area (Å²) in [6, 6.07) is 17.8. The maximum Gasteiger partial charge on any atom is 0.324 e. The second-order valence-electron chi connectivity index (χ2n) is 8.74. The van der Waals surface area contributed by atoms with Crippen LogP contribution in [0.25, 0.3) is 10.6 Å². The lowest BCUT2D eigenvalue weighted by molar-refractivity contribution is 0.102. The van der Waals surface area contributed by atoms with Crippen LogP contribution < -0.4 is 16.0 Å². The summed E-state index contributed by atoms with van der Waals surface area (Å²) in [6.07, 6.45) is 0. The third-order valence-electron chi connectivity index (χ3n) is 4.92. The summed E-state index contributed by atoms with van der Waals surface area (Å²) in [5.74, 6) is 0.785. The molecular formula is C25H25N5O3S. The number of amides is 3. The lowest BCUT2D eigenvalue weighted by Crippen LogP contribution is -2.19. The zero-order valence-corrected chi connectivity index (χ0v) is 20.1. The van der Waals surface area contributed by atoms with E-state index in [1.165, 1.54) is 11.3 Å². The van der Waals surface area contributed by atoms with Gasteiger partial charge in [-0.15, -0.1) is 11.3 Å². The van der Waals surface area contributed by atoms with Gasteiger partial charge >= 0.3 is 6.03 Å². The van der Waals surface area contributed by atoms with Crippen LogP contribution in [0.1, 0.15) is 41.9 Å². The van der Waals surface area contributed by atoms with E-state index in [4.69, 9.17) is 4.52 Å². The fourth-order valence-electron chi connectivity index (χ4n) is 3.10. The van der Waals surface area contributed by atoms with Crippen molar-refractivity contribution in [1.29, 1.82) is 0 Å². The number of carbonyl (C=O) groups excluding carboxylic acids is 2. The summed E-state index contributed by atoms with van der Waals surface area (Å²) >= 11 is 1.35. The van der Waals surface area contributed by atoms with Crippen LogP contribution in [0, 0.1) is 6.92 Å². The first-order valence-electron chi connectivity index (χ1n) is 10.7. The Labute approximate surface area is 201 Å². The first-order chi connectivity index (χ1) is 16.2. The molecule has 0 aliphatic carbocycles. The van der Waals surface area contributed by atoms with Crippen molar-refractivity contribution in [2.75, 3.05) is 16.0 Å². The first-order valence-corrected chi connectivity index (χ1v) is 11.5. The summed E-state index contributed by atoms with van der Waals surface area (Å²) in [6.45, 7) is 7.81. The van der Waals surface area contributed by atoms with Crippen molar-refractivity contribution in [3.05, 3.63) is 77.0 Å². The number of rotatable bonds is 5. The van der Waals surface area contributed by atoms with Crippen molar-refractivity contribution in [3.8, 4) is 10.6 Å². The van der Waals surface area contributed by atoms with E-state index < -0.39 is 6.03 Å². The van der Waals surface area contributed by atoms with Gasteiger partial charge in [-0.3, -0.25) is 10.1 Å². The normalized spacial score (nSPS) is 11.2. The molecule has 9 heteroatoms. The van der Waals surface area contributed by atoms with Gasteiger partial charge in [0.1, 0.15) is 15.6 Å². The molecule has 0 unspecified atom stereocenters. The molecule has 0 bridgehead atoms. The van der Waals surface area contributed by atoms with E-state index in [2.05, 4.69) is 26.1 Å². The number of benzene rings is 2. The second-order valence-corrected chi connectivity index (χ2v) is 9.74. The summed E-state index contributed by atoms with van der Waals surface area (Å²) < 4.78 is 5.27. The van der Waals surface area contributed by atoms with Gasteiger partial charge in [-0.05, 0) is 31.2 Å². The molecule has 0 radical (unpaired) electrons. The average Bonchev–Trinajstić information content (AvgIpc) is 3.42. The summed E-state index contributed by atoms with van der Waals surface area (Å²) in [4.78, 5) is 30.1. The van der Waals surface area contributed by atoms with Crippen molar-refractivity contribution >= 4 is 40.5 Å². The lowest BCUT2D eigenvalue weighted by atomic mass is 9.93. The third kappa shape index (κ3) is 5.49. The minimum atomic E-state index is -0.445. The Morgan fingerprint density at radius 2 is 1.56 bits per heavy atom. The quantitative estimate of drug-likeness (QED) is 0.314. The topological polar surface area (TPSA) is 109 Å². The molecule has 174 valence electrons.